The molecule has 208 valence electrons. The fraction of sp³-hybridized carbons (Fsp3) is 0.310. The zero-order valence-corrected chi connectivity index (χ0v) is 24.6. The number of hydrogen-bond donors (Lipinski definition) is 1. The Bertz CT molecular complexity index is 1380. The fourth-order valence-corrected chi connectivity index (χ4v) is 5.79. The van der Waals surface area contributed by atoms with Crippen LogP contribution in [0.2, 0.25) is 10.0 Å². The standard InChI is InChI=1S/C29H33Cl2N3O4S/c1-4-17-32-29(36)27(5-2)33(19-22-12-14-23(30)15-13-22)28(35)20-34(24-16-11-21(3)26(31)18-24)39(37,38)25-9-7-6-8-10-25/h6-16,18,27H,4-5,17,19-20H2,1-3H3,(H,32,36). The molecule has 7 nitrogen and oxygen atoms in total. The van der Waals surface area contributed by atoms with E-state index in [-0.39, 0.29) is 23.0 Å². The minimum absolute atomic E-state index is 0.0338. The summed E-state index contributed by atoms with van der Waals surface area (Å²) in [5, 5.41) is 3.78. The van der Waals surface area contributed by atoms with Crippen LogP contribution in [-0.4, -0.2) is 44.3 Å². The Balaban J connectivity index is 2.06. The molecule has 0 aromatic heterocycles. The first-order valence-corrected chi connectivity index (χ1v) is 14.9. The quantitative estimate of drug-likeness (QED) is 0.288. The van der Waals surface area contributed by atoms with Gasteiger partial charge in [-0.3, -0.25) is 13.9 Å². The zero-order valence-electron chi connectivity index (χ0n) is 22.2. The first kappa shape index (κ1) is 30.5. The molecule has 0 aliphatic carbocycles. The van der Waals surface area contributed by atoms with E-state index in [1.165, 1.54) is 23.1 Å². The van der Waals surface area contributed by atoms with Gasteiger partial charge in [0, 0.05) is 23.1 Å². The number of amides is 2. The topological polar surface area (TPSA) is 86.8 Å². The Labute approximate surface area is 240 Å². The summed E-state index contributed by atoms with van der Waals surface area (Å²) in [5.41, 5.74) is 1.77. The van der Waals surface area contributed by atoms with Gasteiger partial charge in [-0.1, -0.05) is 73.4 Å². The lowest BCUT2D eigenvalue weighted by Crippen LogP contribution is -2.52. The molecule has 1 unspecified atom stereocenters. The summed E-state index contributed by atoms with van der Waals surface area (Å²) in [6.45, 7) is 5.60. The molecule has 1 N–H and O–H groups in total. The van der Waals surface area contributed by atoms with Crippen LogP contribution in [0.25, 0.3) is 0 Å². The van der Waals surface area contributed by atoms with E-state index in [4.69, 9.17) is 23.2 Å². The van der Waals surface area contributed by atoms with Crippen molar-refractivity contribution >= 4 is 50.7 Å². The Morgan fingerprint density at radius 2 is 1.62 bits per heavy atom. The molecule has 0 saturated heterocycles. The summed E-state index contributed by atoms with van der Waals surface area (Å²) in [6.07, 6.45) is 1.08. The zero-order chi connectivity index (χ0) is 28.6. The van der Waals surface area contributed by atoms with Crippen molar-refractivity contribution < 1.29 is 18.0 Å². The predicted octanol–water partition coefficient (Wildman–Crippen LogP) is 5.83. The summed E-state index contributed by atoms with van der Waals surface area (Å²) in [7, 11) is -4.15. The molecular formula is C29H33Cl2N3O4S. The first-order chi connectivity index (χ1) is 18.6. The molecule has 3 aromatic carbocycles. The van der Waals surface area contributed by atoms with Gasteiger partial charge in [-0.05, 0) is 67.3 Å². The Hall–Kier alpha value is -3.07. The number of nitrogens with zero attached hydrogens (tertiary/aromatic N) is 2. The lowest BCUT2D eigenvalue weighted by Gasteiger charge is -2.33. The number of hydrogen-bond acceptors (Lipinski definition) is 4. The number of aryl methyl sites for hydroxylation is 1. The number of anilines is 1. The van der Waals surface area contributed by atoms with E-state index < -0.39 is 28.5 Å². The third-order valence-corrected chi connectivity index (χ3v) is 8.70. The van der Waals surface area contributed by atoms with Crippen LogP contribution in [0.1, 0.15) is 37.8 Å². The lowest BCUT2D eigenvalue weighted by atomic mass is 10.1. The van der Waals surface area contributed by atoms with Gasteiger partial charge in [0.15, 0.2) is 0 Å². The summed E-state index contributed by atoms with van der Waals surface area (Å²) >= 11 is 12.4. The van der Waals surface area contributed by atoms with E-state index in [0.29, 0.717) is 23.0 Å². The predicted molar refractivity (Wildman–Crippen MR) is 157 cm³/mol. The monoisotopic (exact) mass is 589 g/mol. The average Bonchev–Trinajstić information content (AvgIpc) is 2.93. The minimum Gasteiger partial charge on any atom is -0.354 e. The molecule has 0 heterocycles. The molecule has 0 radical (unpaired) electrons. The lowest BCUT2D eigenvalue weighted by molar-refractivity contribution is -0.140. The third kappa shape index (κ3) is 7.75. The molecule has 39 heavy (non-hydrogen) atoms. The molecule has 0 aliphatic rings. The SMILES string of the molecule is CCCNC(=O)C(CC)N(Cc1ccc(Cl)cc1)C(=O)CN(c1ccc(C)c(Cl)c1)S(=O)(=O)c1ccccc1. The second kappa shape index (κ2) is 13.8. The first-order valence-electron chi connectivity index (χ1n) is 12.7. The molecule has 0 saturated carbocycles. The van der Waals surface area contributed by atoms with Crippen molar-refractivity contribution in [2.24, 2.45) is 0 Å². The van der Waals surface area contributed by atoms with Gasteiger partial charge in [0.1, 0.15) is 12.6 Å². The normalized spacial score (nSPS) is 12.0. The highest BCUT2D eigenvalue weighted by atomic mass is 35.5. The van der Waals surface area contributed by atoms with Crippen LogP contribution in [0.15, 0.2) is 77.7 Å². The van der Waals surface area contributed by atoms with Crippen LogP contribution in [0.4, 0.5) is 5.69 Å². The Morgan fingerprint density at radius 1 is 0.949 bits per heavy atom. The molecule has 0 fully saturated rings. The Kier molecular flexibility index (Phi) is 10.8. The molecule has 0 aliphatic heterocycles. The summed E-state index contributed by atoms with van der Waals surface area (Å²) in [4.78, 5) is 28.6. The largest absolute Gasteiger partial charge is 0.354 e. The number of carbonyl (C=O) groups excluding carboxylic acids is 2. The van der Waals surface area contributed by atoms with Crippen molar-refractivity contribution in [3.63, 3.8) is 0 Å². The van der Waals surface area contributed by atoms with Crippen molar-refractivity contribution in [2.75, 3.05) is 17.4 Å². The van der Waals surface area contributed by atoms with E-state index in [0.717, 1.165) is 21.9 Å². The van der Waals surface area contributed by atoms with Crippen molar-refractivity contribution in [3.05, 3.63) is 94.0 Å². The summed E-state index contributed by atoms with van der Waals surface area (Å²) in [5.74, 6) is -0.822. The van der Waals surface area contributed by atoms with E-state index in [9.17, 15) is 18.0 Å². The van der Waals surface area contributed by atoms with E-state index >= 15 is 0 Å². The van der Waals surface area contributed by atoms with Gasteiger partial charge in [-0.2, -0.15) is 0 Å². The molecule has 0 spiro atoms. The number of benzene rings is 3. The third-order valence-electron chi connectivity index (χ3n) is 6.25. The van der Waals surface area contributed by atoms with Gasteiger partial charge < -0.3 is 10.2 Å². The van der Waals surface area contributed by atoms with Crippen LogP contribution >= 0.6 is 23.2 Å². The number of nitrogens with one attached hydrogen (secondary N) is 1. The molecular weight excluding hydrogens is 557 g/mol. The highest BCUT2D eigenvalue weighted by Gasteiger charge is 2.33. The molecule has 0 bridgehead atoms. The maximum atomic E-state index is 14.0. The second-order valence-electron chi connectivity index (χ2n) is 9.12. The number of sulfonamides is 1. The van der Waals surface area contributed by atoms with Gasteiger partial charge in [0.2, 0.25) is 11.8 Å². The second-order valence-corrected chi connectivity index (χ2v) is 11.8. The maximum Gasteiger partial charge on any atom is 0.264 e. The number of carbonyl (C=O) groups is 2. The van der Waals surface area contributed by atoms with E-state index in [1.54, 1.807) is 54.6 Å². The maximum absolute atomic E-state index is 14.0. The number of halogens is 2. The van der Waals surface area contributed by atoms with Gasteiger partial charge in [-0.15, -0.1) is 0 Å². The highest BCUT2D eigenvalue weighted by Crippen LogP contribution is 2.28. The molecule has 2 amide bonds. The van der Waals surface area contributed by atoms with E-state index in [2.05, 4.69) is 5.32 Å². The average molecular weight is 591 g/mol. The smallest absolute Gasteiger partial charge is 0.264 e. The van der Waals surface area contributed by atoms with Gasteiger partial charge in [0.25, 0.3) is 10.0 Å². The minimum atomic E-state index is -4.15. The Morgan fingerprint density at radius 3 is 2.21 bits per heavy atom. The molecule has 3 rings (SSSR count). The summed E-state index contributed by atoms with van der Waals surface area (Å²) in [6, 6.07) is 18.9. The molecule has 3 aromatic rings. The van der Waals surface area contributed by atoms with Crippen LogP contribution in [0, 0.1) is 6.92 Å². The molecule has 10 heteroatoms. The van der Waals surface area contributed by atoms with Crippen LogP contribution < -0.4 is 9.62 Å². The van der Waals surface area contributed by atoms with Crippen molar-refractivity contribution in [3.8, 4) is 0 Å². The highest BCUT2D eigenvalue weighted by molar-refractivity contribution is 7.92. The van der Waals surface area contributed by atoms with Crippen LogP contribution in [-0.2, 0) is 26.2 Å². The van der Waals surface area contributed by atoms with E-state index in [1.807, 2.05) is 20.8 Å². The van der Waals surface area contributed by atoms with Crippen molar-refractivity contribution in [1.82, 2.24) is 10.2 Å². The van der Waals surface area contributed by atoms with Crippen LogP contribution in [0.5, 0.6) is 0 Å². The van der Waals surface area contributed by atoms with Gasteiger partial charge >= 0.3 is 0 Å². The molecule has 1 atom stereocenters. The number of rotatable bonds is 12. The fourth-order valence-electron chi connectivity index (χ4n) is 4.06. The summed E-state index contributed by atoms with van der Waals surface area (Å²) < 4.78 is 28.7. The van der Waals surface area contributed by atoms with Gasteiger partial charge in [-0.25, -0.2) is 8.42 Å². The van der Waals surface area contributed by atoms with Crippen LogP contribution in [0.3, 0.4) is 0 Å². The van der Waals surface area contributed by atoms with Crippen molar-refractivity contribution in [2.45, 2.75) is 51.1 Å². The van der Waals surface area contributed by atoms with Gasteiger partial charge in [0.05, 0.1) is 10.6 Å². The van der Waals surface area contributed by atoms with Crippen molar-refractivity contribution in [1.29, 1.82) is 0 Å².